The Morgan fingerprint density at radius 1 is 1.10 bits per heavy atom. The van der Waals surface area contributed by atoms with Gasteiger partial charge in [0.15, 0.2) is 0 Å². The van der Waals surface area contributed by atoms with E-state index in [2.05, 4.69) is 9.97 Å². The second kappa shape index (κ2) is 8.19. The number of aromatic nitrogens is 2. The van der Waals surface area contributed by atoms with Crippen LogP contribution in [0, 0.1) is 6.92 Å². The van der Waals surface area contributed by atoms with Gasteiger partial charge < -0.3 is 14.5 Å². The zero-order valence-electron chi connectivity index (χ0n) is 16.9. The van der Waals surface area contributed by atoms with Crippen molar-refractivity contribution in [3.63, 3.8) is 0 Å². The van der Waals surface area contributed by atoms with Gasteiger partial charge in [0.25, 0.3) is 5.91 Å². The van der Waals surface area contributed by atoms with Crippen molar-refractivity contribution in [1.82, 2.24) is 19.8 Å². The molecule has 7 heteroatoms. The Morgan fingerprint density at radius 3 is 2.66 bits per heavy atom. The average Bonchev–Trinajstić information content (AvgIpc) is 2.71. The summed E-state index contributed by atoms with van der Waals surface area (Å²) >= 11 is 0. The van der Waals surface area contributed by atoms with E-state index in [4.69, 9.17) is 4.74 Å². The molecule has 0 aliphatic carbocycles. The van der Waals surface area contributed by atoms with E-state index >= 15 is 0 Å². The van der Waals surface area contributed by atoms with Crippen LogP contribution in [-0.2, 0) is 4.79 Å². The smallest absolute Gasteiger partial charge is 0.255 e. The van der Waals surface area contributed by atoms with Gasteiger partial charge in [-0.1, -0.05) is 6.07 Å². The fourth-order valence-electron chi connectivity index (χ4n) is 3.94. The van der Waals surface area contributed by atoms with Crippen LogP contribution < -0.4 is 4.74 Å². The number of carbonyl (C=O) groups excluding carboxylic acids is 2. The molecule has 4 rings (SSSR count). The normalized spacial score (nSPS) is 19.6. The lowest BCUT2D eigenvalue weighted by Crippen LogP contribution is -2.56. The second-order valence-electron chi connectivity index (χ2n) is 7.84. The van der Waals surface area contributed by atoms with Gasteiger partial charge >= 0.3 is 0 Å². The Kier molecular flexibility index (Phi) is 5.47. The van der Waals surface area contributed by atoms with Crippen molar-refractivity contribution in [2.75, 3.05) is 26.2 Å². The van der Waals surface area contributed by atoms with E-state index in [0.29, 0.717) is 31.1 Å². The summed E-state index contributed by atoms with van der Waals surface area (Å²) in [6.45, 7) is 6.10. The number of ether oxygens (including phenoxy) is 1. The summed E-state index contributed by atoms with van der Waals surface area (Å²) in [6.07, 6.45) is 5.27. The Morgan fingerprint density at radius 2 is 1.93 bits per heavy atom. The number of pyridine rings is 2. The molecular weight excluding hydrogens is 368 g/mol. The highest BCUT2D eigenvalue weighted by atomic mass is 16.5. The summed E-state index contributed by atoms with van der Waals surface area (Å²) in [5, 5.41) is 0. The average molecular weight is 394 g/mol. The van der Waals surface area contributed by atoms with E-state index in [1.807, 2.05) is 30.0 Å². The largest absolute Gasteiger partial charge is 0.470 e. The van der Waals surface area contributed by atoms with Gasteiger partial charge in [-0.25, -0.2) is 4.98 Å². The molecule has 152 valence electrons. The minimum atomic E-state index is -0.0708. The van der Waals surface area contributed by atoms with Crippen LogP contribution in [-0.4, -0.2) is 63.9 Å². The summed E-state index contributed by atoms with van der Waals surface area (Å²) in [4.78, 5) is 36.6. The quantitative estimate of drug-likeness (QED) is 0.796. The molecule has 0 aromatic carbocycles. The first-order chi connectivity index (χ1) is 14.0. The maximum atomic E-state index is 12.5. The van der Waals surface area contributed by atoms with Crippen molar-refractivity contribution in [3.05, 3.63) is 53.5 Å². The monoisotopic (exact) mass is 394 g/mol. The van der Waals surface area contributed by atoms with Gasteiger partial charge in [0.1, 0.15) is 6.10 Å². The predicted molar refractivity (Wildman–Crippen MR) is 108 cm³/mol. The van der Waals surface area contributed by atoms with Crippen LogP contribution in [0.15, 0.2) is 36.7 Å². The SMILES string of the molecule is CC(=O)N1CCCC(c2cccnc2OC2CN(C(=O)c3ccc(C)nc3)C2)C1. The number of hydrogen-bond acceptors (Lipinski definition) is 5. The molecule has 29 heavy (non-hydrogen) atoms. The number of carbonyl (C=O) groups is 2. The van der Waals surface area contributed by atoms with Crippen molar-refractivity contribution in [3.8, 4) is 5.88 Å². The van der Waals surface area contributed by atoms with Gasteiger partial charge in [0.05, 0.1) is 18.7 Å². The summed E-state index contributed by atoms with van der Waals surface area (Å²) in [6, 6.07) is 7.60. The van der Waals surface area contributed by atoms with E-state index in [0.717, 1.165) is 30.6 Å². The number of piperidine rings is 1. The number of rotatable bonds is 4. The molecule has 0 bridgehead atoms. The topological polar surface area (TPSA) is 75.6 Å². The molecule has 0 saturated carbocycles. The van der Waals surface area contributed by atoms with Crippen molar-refractivity contribution in [2.24, 2.45) is 0 Å². The second-order valence-corrected chi connectivity index (χ2v) is 7.84. The fourth-order valence-corrected chi connectivity index (χ4v) is 3.94. The first kappa shape index (κ1) is 19.4. The summed E-state index contributed by atoms with van der Waals surface area (Å²) in [7, 11) is 0. The van der Waals surface area contributed by atoms with E-state index in [1.165, 1.54) is 0 Å². The number of nitrogens with zero attached hydrogens (tertiary/aromatic N) is 4. The van der Waals surface area contributed by atoms with Gasteiger partial charge in [0.2, 0.25) is 11.8 Å². The molecule has 1 atom stereocenters. The molecule has 7 nitrogen and oxygen atoms in total. The number of likely N-dealkylation sites (tertiary alicyclic amines) is 2. The van der Waals surface area contributed by atoms with Crippen LogP contribution in [0.2, 0.25) is 0 Å². The lowest BCUT2D eigenvalue weighted by molar-refractivity contribution is -0.130. The zero-order valence-corrected chi connectivity index (χ0v) is 16.9. The highest BCUT2D eigenvalue weighted by molar-refractivity contribution is 5.94. The lowest BCUT2D eigenvalue weighted by Gasteiger charge is -2.39. The molecule has 2 aromatic rings. The summed E-state index contributed by atoms with van der Waals surface area (Å²) < 4.78 is 6.14. The first-order valence-electron chi connectivity index (χ1n) is 10.1. The first-order valence-corrected chi connectivity index (χ1v) is 10.1. The molecule has 4 heterocycles. The molecule has 0 N–H and O–H groups in total. The minimum Gasteiger partial charge on any atom is -0.470 e. The van der Waals surface area contributed by atoms with Gasteiger partial charge in [-0.05, 0) is 38.0 Å². The molecule has 2 amide bonds. The third-order valence-corrected chi connectivity index (χ3v) is 5.68. The fraction of sp³-hybridized carbons (Fsp3) is 0.455. The van der Waals surface area contributed by atoms with Crippen molar-refractivity contribution >= 4 is 11.8 Å². The third-order valence-electron chi connectivity index (χ3n) is 5.68. The van der Waals surface area contributed by atoms with Gasteiger partial charge in [-0.2, -0.15) is 0 Å². The minimum absolute atomic E-state index is 0.0250. The van der Waals surface area contributed by atoms with E-state index < -0.39 is 0 Å². The third kappa shape index (κ3) is 4.23. The van der Waals surface area contributed by atoms with Gasteiger partial charge in [-0.15, -0.1) is 0 Å². The van der Waals surface area contributed by atoms with Gasteiger partial charge in [-0.3, -0.25) is 14.6 Å². The number of aryl methyl sites for hydroxylation is 1. The predicted octanol–water partition coefficient (Wildman–Crippen LogP) is 2.41. The van der Waals surface area contributed by atoms with Gasteiger partial charge in [0, 0.05) is 49.6 Å². The molecule has 2 fully saturated rings. The van der Waals surface area contributed by atoms with Crippen LogP contribution in [0.3, 0.4) is 0 Å². The van der Waals surface area contributed by atoms with Crippen LogP contribution in [0.4, 0.5) is 0 Å². The Bertz CT molecular complexity index is 893. The Hall–Kier alpha value is -2.96. The standard InChI is InChI=1S/C22H26N4O3/c1-15-7-8-17(11-24-15)22(28)26-13-19(14-26)29-21-20(6-3-9-23-21)18-5-4-10-25(12-18)16(2)27/h3,6-9,11,18-19H,4-5,10,12-14H2,1-2H3. The highest BCUT2D eigenvalue weighted by Gasteiger charge is 2.34. The summed E-state index contributed by atoms with van der Waals surface area (Å²) in [5.74, 6) is 0.938. The number of amides is 2. The van der Waals surface area contributed by atoms with Crippen molar-refractivity contribution < 1.29 is 14.3 Å². The Balaban J connectivity index is 1.38. The summed E-state index contributed by atoms with van der Waals surface area (Å²) in [5.41, 5.74) is 2.53. The number of hydrogen-bond donors (Lipinski definition) is 0. The van der Waals surface area contributed by atoms with Crippen LogP contribution in [0.25, 0.3) is 0 Å². The molecule has 2 aromatic heterocycles. The molecule has 2 aliphatic rings. The molecule has 2 aliphatic heterocycles. The van der Waals surface area contributed by atoms with E-state index in [-0.39, 0.29) is 23.8 Å². The van der Waals surface area contributed by atoms with Crippen LogP contribution >= 0.6 is 0 Å². The molecule has 1 unspecified atom stereocenters. The van der Waals surface area contributed by atoms with Crippen molar-refractivity contribution in [2.45, 2.75) is 38.7 Å². The lowest BCUT2D eigenvalue weighted by atomic mass is 9.91. The molecule has 0 spiro atoms. The zero-order chi connectivity index (χ0) is 20.4. The maximum absolute atomic E-state index is 12.5. The molecule has 2 saturated heterocycles. The highest BCUT2D eigenvalue weighted by Crippen LogP contribution is 2.33. The Labute approximate surface area is 170 Å². The van der Waals surface area contributed by atoms with E-state index in [9.17, 15) is 9.59 Å². The molecule has 0 radical (unpaired) electrons. The van der Waals surface area contributed by atoms with Crippen LogP contribution in [0.5, 0.6) is 5.88 Å². The van der Waals surface area contributed by atoms with E-state index in [1.54, 1.807) is 30.3 Å². The molecular formula is C22H26N4O3. The van der Waals surface area contributed by atoms with Crippen LogP contribution in [0.1, 0.15) is 47.3 Å². The van der Waals surface area contributed by atoms with Crippen molar-refractivity contribution in [1.29, 1.82) is 0 Å². The maximum Gasteiger partial charge on any atom is 0.255 e.